The lowest BCUT2D eigenvalue weighted by Crippen LogP contribution is -2.34. The van der Waals surface area contributed by atoms with Gasteiger partial charge in [-0.05, 0) is 32.2 Å². The van der Waals surface area contributed by atoms with E-state index in [4.69, 9.17) is 5.26 Å². The van der Waals surface area contributed by atoms with Crippen LogP contribution in [0.3, 0.4) is 0 Å². The molecule has 0 saturated carbocycles. The number of nitrogens with zero attached hydrogens (tertiary/aromatic N) is 2. The molecule has 3 nitrogen and oxygen atoms in total. The zero-order valence-corrected chi connectivity index (χ0v) is 10.3. The molecule has 0 saturated heterocycles. The normalized spacial score (nSPS) is 12.2. The zero-order chi connectivity index (χ0) is 13.7. The van der Waals surface area contributed by atoms with Gasteiger partial charge in [-0.3, -0.25) is 9.69 Å². The number of hydrogen-bond acceptors (Lipinski definition) is 3. The second-order valence-corrected chi connectivity index (χ2v) is 4.17. The fraction of sp³-hybridized carbons (Fsp3) is 0.385. The van der Waals surface area contributed by atoms with Gasteiger partial charge in [-0.15, -0.1) is 0 Å². The van der Waals surface area contributed by atoms with Gasteiger partial charge in [-0.25, -0.2) is 8.78 Å². The molecule has 0 radical (unpaired) electrons. The summed E-state index contributed by atoms with van der Waals surface area (Å²) < 4.78 is 26.3. The summed E-state index contributed by atoms with van der Waals surface area (Å²) in [7, 11) is 1.66. The van der Waals surface area contributed by atoms with E-state index >= 15 is 0 Å². The van der Waals surface area contributed by atoms with Crippen molar-refractivity contribution in [1.29, 1.82) is 5.26 Å². The Bertz CT molecular complexity index is 482. The molecule has 1 atom stereocenters. The molecule has 18 heavy (non-hydrogen) atoms. The van der Waals surface area contributed by atoms with Crippen LogP contribution in [-0.2, 0) is 0 Å². The van der Waals surface area contributed by atoms with Gasteiger partial charge in [0.25, 0.3) is 0 Å². The molecule has 0 spiro atoms. The number of rotatable bonds is 5. The van der Waals surface area contributed by atoms with E-state index in [1.807, 2.05) is 6.07 Å². The number of benzene rings is 1. The monoisotopic (exact) mass is 252 g/mol. The molecule has 0 aliphatic carbocycles. The Morgan fingerprint density at radius 3 is 2.78 bits per heavy atom. The number of carbonyl (C=O) groups excluding carboxylic acids is 1. The molecule has 0 N–H and O–H groups in total. The number of halogens is 2. The molecular formula is C13H14F2N2O. The van der Waals surface area contributed by atoms with Gasteiger partial charge >= 0.3 is 0 Å². The van der Waals surface area contributed by atoms with Gasteiger partial charge in [0.15, 0.2) is 5.78 Å². The molecule has 0 aliphatic heterocycles. The highest BCUT2D eigenvalue weighted by molar-refractivity contribution is 5.97. The van der Waals surface area contributed by atoms with Crippen LogP contribution < -0.4 is 0 Å². The molecule has 0 amide bonds. The fourth-order valence-electron chi connectivity index (χ4n) is 1.47. The largest absolute Gasteiger partial charge is 0.295 e. The highest BCUT2D eigenvalue weighted by atomic mass is 19.1. The van der Waals surface area contributed by atoms with Crippen LogP contribution in [0.4, 0.5) is 8.78 Å². The van der Waals surface area contributed by atoms with Gasteiger partial charge in [0.05, 0.1) is 24.6 Å². The Labute approximate surface area is 105 Å². The first kappa shape index (κ1) is 14.3. The van der Waals surface area contributed by atoms with Gasteiger partial charge in [-0.2, -0.15) is 5.26 Å². The number of nitriles is 1. The Morgan fingerprint density at radius 2 is 2.17 bits per heavy atom. The van der Waals surface area contributed by atoms with Crippen LogP contribution >= 0.6 is 0 Å². The summed E-state index contributed by atoms with van der Waals surface area (Å²) in [6, 6.07) is 4.67. The third kappa shape index (κ3) is 3.60. The van der Waals surface area contributed by atoms with Gasteiger partial charge in [0.2, 0.25) is 0 Å². The van der Waals surface area contributed by atoms with Crippen molar-refractivity contribution >= 4 is 5.78 Å². The van der Waals surface area contributed by atoms with Gasteiger partial charge in [0, 0.05) is 6.04 Å². The minimum absolute atomic E-state index is 0.0524. The fourth-order valence-corrected chi connectivity index (χ4v) is 1.47. The summed E-state index contributed by atoms with van der Waals surface area (Å²) in [4.78, 5) is 13.4. The van der Waals surface area contributed by atoms with E-state index in [-0.39, 0.29) is 24.6 Å². The molecule has 1 aromatic carbocycles. The summed E-state index contributed by atoms with van der Waals surface area (Å²) in [6.07, 6.45) is 0.273. The number of ketones is 1. The molecule has 1 rings (SSSR count). The SMILES string of the molecule is CC(CC#N)N(C)CC(=O)c1cc(F)ccc1F. The summed E-state index contributed by atoms with van der Waals surface area (Å²) >= 11 is 0. The molecule has 5 heteroatoms. The van der Waals surface area contributed by atoms with E-state index in [1.54, 1.807) is 18.9 Å². The van der Waals surface area contributed by atoms with Crippen molar-refractivity contribution in [3.05, 3.63) is 35.4 Å². The average molecular weight is 252 g/mol. The highest BCUT2D eigenvalue weighted by Gasteiger charge is 2.17. The molecule has 1 unspecified atom stereocenters. The molecule has 1 aromatic rings. The van der Waals surface area contributed by atoms with Crippen molar-refractivity contribution in [3.63, 3.8) is 0 Å². The smallest absolute Gasteiger partial charge is 0.179 e. The molecule has 0 bridgehead atoms. The van der Waals surface area contributed by atoms with Gasteiger partial charge in [0.1, 0.15) is 11.6 Å². The topological polar surface area (TPSA) is 44.1 Å². The third-order valence-electron chi connectivity index (χ3n) is 2.76. The Morgan fingerprint density at radius 1 is 1.50 bits per heavy atom. The van der Waals surface area contributed by atoms with Gasteiger partial charge in [-0.1, -0.05) is 0 Å². The maximum absolute atomic E-state index is 13.4. The molecular weight excluding hydrogens is 238 g/mol. The van der Waals surface area contributed by atoms with E-state index in [2.05, 4.69) is 0 Å². The van der Waals surface area contributed by atoms with Crippen LogP contribution in [0.5, 0.6) is 0 Å². The number of carbonyl (C=O) groups is 1. The van der Waals surface area contributed by atoms with Crippen molar-refractivity contribution in [2.24, 2.45) is 0 Å². The third-order valence-corrected chi connectivity index (χ3v) is 2.76. The maximum Gasteiger partial charge on any atom is 0.179 e. The van der Waals surface area contributed by atoms with Crippen molar-refractivity contribution in [2.45, 2.75) is 19.4 Å². The molecule has 96 valence electrons. The van der Waals surface area contributed by atoms with E-state index < -0.39 is 17.4 Å². The first-order valence-electron chi connectivity index (χ1n) is 5.51. The lowest BCUT2D eigenvalue weighted by molar-refractivity contribution is 0.0921. The molecule has 0 aromatic heterocycles. The van der Waals surface area contributed by atoms with Gasteiger partial charge < -0.3 is 0 Å². The second kappa shape index (κ2) is 6.22. The van der Waals surface area contributed by atoms with Crippen LogP contribution in [0, 0.1) is 23.0 Å². The predicted octanol–water partition coefficient (Wildman–Crippen LogP) is 2.38. The van der Waals surface area contributed by atoms with E-state index in [0.29, 0.717) is 0 Å². The molecule has 0 fully saturated rings. The maximum atomic E-state index is 13.4. The quantitative estimate of drug-likeness (QED) is 0.756. The van der Waals surface area contributed by atoms with Crippen LogP contribution in [-0.4, -0.2) is 30.3 Å². The highest BCUT2D eigenvalue weighted by Crippen LogP contribution is 2.12. The van der Waals surface area contributed by atoms with Crippen LogP contribution in [0.2, 0.25) is 0 Å². The van der Waals surface area contributed by atoms with E-state index in [9.17, 15) is 13.6 Å². The molecule has 0 heterocycles. The Hall–Kier alpha value is -1.80. The summed E-state index contributed by atoms with van der Waals surface area (Å²) in [6.45, 7) is 1.74. The predicted molar refractivity (Wildman–Crippen MR) is 63.0 cm³/mol. The Kier molecular flexibility index (Phi) is 4.93. The van der Waals surface area contributed by atoms with Crippen molar-refractivity contribution in [2.75, 3.05) is 13.6 Å². The van der Waals surface area contributed by atoms with Crippen molar-refractivity contribution < 1.29 is 13.6 Å². The van der Waals surface area contributed by atoms with E-state index in [1.165, 1.54) is 0 Å². The average Bonchev–Trinajstić information content (AvgIpc) is 2.32. The lowest BCUT2D eigenvalue weighted by atomic mass is 10.1. The lowest BCUT2D eigenvalue weighted by Gasteiger charge is -2.21. The van der Waals surface area contributed by atoms with Crippen LogP contribution in [0.15, 0.2) is 18.2 Å². The first-order chi connectivity index (χ1) is 8.45. The second-order valence-electron chi connectivity index (χ2n) is 4.17. The summed E-state index contributed by atoms with van der Waals surface area (Å²) in [5.74, 6) is -1.88. The Balaban J connectivity index is 2.77. The minimum atomic E-state index is -0.734. The first-order valence-corrected chi connectivity index (χ1v) is 5.51. The number of Topliss-reactive ketones (excluding diaryl/α,β-unsaturated/α-hetero) is 1. The minimum Gasteiger partial charge on any atom is -0.295 e. The standard InChI is InChI=1S/C13H14F2N2O/c1-9(5-6-16)17(2)8-13(18)11-7-10(14)3-4-12(11)15/h3-4,7,9H,5,8H2,1-2H3. The van der Waals surface area contributed by atoms with Crippen LogP contribution in [0.1, 0.15) is 23.7 Å². The summed E-state index contributed by atoms with van der Waals surface area (Å²) in [5, 5.41) is 8.55. The van der Waals surface area contributed by atoms with Crippen molar-refractivity contribution in [3.8, 4) is 6.07 Å². The zero-order valence-electron chi connectivity index (χ0n) is 10.3. The van der Waals surface area contributed by atoms with E-state index in [0.717, 1.165) is 18.2 Å². The molecule has 0 aliphatic rings. The van der Waals surface area contributed by atoms with Crippen molar-refractivity contribution in [1.82, 2.24) is 4.90 Å². The van der Waals surface area contributed by atoms with Crippen LogP contribution in [0.25, 0.3) is 0 Å². The number of likely N-dealkylation sites (N-methyl/N-ethyl adjacent to an activating group) is 1. The number of hydrogen-bond donors (Lipinski definition) is 0. The summed E-state index contributed by atoms with van der Waals surface area (Å²) in [5.41, 5.74) is -0.258.